The lowest BCUT2D eigenvalue weighted by Gasteiger charge is -2.06. The van der Waals surface area contributed by atoms with Crippen LogP contribution in [0.2, 0.25) is 0 Å². The summed E-state index contributed by atoms with van der Waals surface area (Å²) in [6, 6.07) is 17.6. The van der Waals surface area contributed by atoms with Gasteiger partial charge < -0.3 is 10.6 Å². The molecule has 0 fully saturated rings. The molecule has 0 spiro atoms. The highest BCUT2D eigenvalue weighted by Crippen LogP contribution is 2.13. The van der Waals surface area contributed by atoms with Gasteiger partial charge in [0.05, 0.1) is 13.1 Å². The lowest BCUT2D eigenvalue weighted by molar-refractivity contribution is -0.115. The second kappa shape index (κ2) is 8.16. The van der Waals surface area contributed by atoms with Crippen molar-refractivity contribution in [2.45, 2.75) is 13.0 Å². The van der Waals surface area contributed by atoms with Crippen LogP contribution in [-0.2, 0) is 17.8 Å². The Balaban J connectivity index is 1.55. The van der Waals surface area contributed by atoms with Crippen LogP contribution >= 0.6 is 0 Å². The number of aromatic nitrogens is 4. The normalized spacial score (nSPS) is 10.6. The van der Waals surface area contributed by atoms with Crippen molar-refractivity contribution >= 4 is 11.6 Å². The van der Waals surface area contributed by atoms with E-state index in [0.717, 1.165) is 23.2 Å². The van der Waals surface area contributed by atoms with Crippen LogP contribution in [0.25, 0.3) is 11.4 Å². The van der Waals surface area contributed by atoms with E-state index >= 15 is 0 Å². The quantitative estimate of drug-likeness (QED) is 0.686. The molecule has 25 heavy (non-hydrogen) atoms. The molecule has 1 heterocycles. The van der Waals surface area contributed by atoms with Crippen LogP contribution in [0.15, 0.2) is 54.6 Å². The Hall–Kier alpha value is -3.06. The number of aryl methyl sites for hydroxylation is 2. The standard InChI is InChI=1S/C18H20N6O/c1-19-13-17(25)20-16-9-7-14(8-10-16)11-12-24-22-18(21-23-24)15-5-3-2-4-6-15/h2-10,19H,11-13H2,1H3,(H,20,25). The van der Waals surface area contributed by atoms with E-state index in [1.54, 1.807) is 11.8 Å². The van der Waals surface area contributed by atoms with Gasteiger partial charge in [-0.05, 0) is 36.4 Å². The first-order chi connectivity index (χ1) is 12.2. The van der Waals surface area contributed by atoms with Crippen molar-refractivity contribution in [1.82, 2.24) is 25.5 Å². The fraction of sp³-hybridized carbons (Fsp3) is 0.222. The van der Waals surface area contributed by atoms with Gasteiger partial charge in [0.25, 0.3) is 0 Å². The van der Waals surface area contributed by atoms with E-state index in [-0.39, 0.29) is 5.91 Å². The summed E-state index contributed by atoms with van der Waals surface area (Å²) in [5, 5.41) is 18.2. The zero-order valence-corrected chi connectivity index (χ0v) is 14.0. The van der Waals surface area contributed by atoms with Crippen LogP contribution in [-0.4, -0.2) is 39.7 Å². The Morgan fingerprint density at radius 2 is 1.84 bits per heavy atom. The number of anilines is 1. The third-order valence-electron chi connectivity index (χ3n) is 3.66. The third kappa shape index (κ3) is 4.71. The molecule has 0 unspecified atom stereocenters. The van der Waals surface area contributed by atoms with E-state index < -0.39 is 0 Å². The summed E-state index contributed by atoms with van der Waals surface area (Å²) in [6.45, 7) is 0.939. The highest BCUT2D eigenvalue weighted by molar-refractivity contribution is 5.92. The molecule has 0 aliphatic rings. The van der Waals surface area contributed by atoms with Crippen molar-refractivity contribution in [3.63, 3.8) is 0 Å². The fourth-order valence-electron chi connectivity index (χ4n) is 2.39. The maximum Gasteiger partial charge on any atom is 0.238 e. The number of benzene rings is 2. The Kier molecular flexibility index (Phi) is 5.48. The minimum atomic E-state index is -0.0597. The van der Waals surface area contributed by atoms with E-state index in [2.05, 4.69) is 26.0 Å². The summed E-state index contributed by atoms with van der Waals surface area (Å²) < 4.78 is 0. The van der Waals surface area contributed by atoms with Crippen molar-refractivity contribution in [2.24, 2.45) is 0 Å². The molecular weight excluding hydrogens is 316 g/mol. The summed E-state index contributed by atoms with van der Waals surface area (Å²) in [7, 11) is 1.74. The lowest BCUT2D eigenvalue weighted by Crippen LogP contribution is -2.24. The Labute approximate surface area is 146 Å². The second-order valence-corrected chi connectivity index (χ2v) is 5.60. The van der Waals surface area contributed by atoms with Gasteiger partial charge in [0, 0.05) is 11.3 Å². The van der Waals surface area contributed by atoms with E-state index in [1.165, 1.54) is 0 Å². The number of hydrogen-bond acceptors (Lipinski definition) is 5. The minimum absolute atomic E-state index is 0.0597. The molecule has 7 heteroatoms. The number of hydrogen-bond donors (Lipinski definition) is 2. The van der Waals surface area contributed by atoms with E-state index in [0.29, 0.717) is 18.9 Å². The van der Waals surface area contributed by atoms with Gasteiger partial charge in [-0.25, -0.2) is 0 Å². The predicted octanol–water partition coefficient (Wildman–Crippen LogP) is 1.74. The molecule has 2 N–H and O–H groups in total. The lowest BCUT2D eigenvalue weighted by atomic mass is 10.1. The van der Waals surface area contributed by atoms with Crippen molar-refractivity contribution in [1.29, 1.82) is 0 Å². The topological polar surface area (TPSA) is 84.7 Å². The van der Waals surface area contributed by atoms with Gasteiger partial charge in [0.2, 0.25) is 11.7 Å². The zero-order chi connectivity index (χ0) is 17.5. The minimum Gasteiger partial charge on any atom is -0.325 e. The Morgan fingerprint density at radius 3 is 2.56 bits per heavy atom. The number of rotatable bonds is 7. The number of carbonyl (C=O) groups is 1. The highest BCUT2D eigenvalue weighted by atomic mass is 16.1. The molecule has 1 aromatic heterocycles. The molecule has 0 aliphatic carbocycles. The van der Waals surface area contributed by atoms with Gasteiger partial charge in [-0.15, -0.1) is 10.2 Å². The average Bonchev–Trinajstić information content (AvgIpc) is 3.11. The Bertz CT molecular complexity index is 813. The van der Waals surface area contributed by atoms with Gasteiger partial charge in [-0.3, -0.25) is 4.79 Å². The summed E-state index contributed by atoms with van der Waals surface area (Å²) >= 11 is 0. The first-order valence-electron chi connectivity index (χ1n) is 8.11. The van der Waals surface area contributed by atoms with Crippen LogP contribution in [0.1, 0.15) is 5.56 Å². The van der Waals surface area contributed by atoms with Crippen molar-refractivity contribution < 1.29 is 4.79 Å². The van der Waals surface area contributed by atoms with Crippen molar-refractivity contribution in [3.8, 4) is 11.4 Å². The predicted molar refractivity (Wildman–Crippen MR) is 96.0 cm³/mol. The molecule has 128 valence electrons. The van der Waals surface area contributed by atoms with Crippen LogP contribution in [0.3, 0.4) is 0 Å². The molecule has 0 aliphatic heterocycles. The van der Waals surface area contributed by atoms with Crippen LogP contribution in [0, 0.1) is 0 Å². The molecule has 7 nitrogen and oxygen atoms in total. The van der Waals surface area contributed by atoms with E-state index in [1.807, 2.05) is 54.6 Å². The SMILES string of the molecule is CNCC(=O)Nc1ccc(CCn2nnc(-c3ccccc3)n2)cc1. The smallest absolute Gasteiger partial charge is 0.238 e. The number of likely N-dealkylation sites (N-methyl/N-ethyl adjacent to an activating group) is 1. The van der Waals surface area contributed by atoms with Crippen LogP contribution in [0.4, 0.5) is 5.69 Å². The average molecular weight is 336 g/mol. The molecule has 0 atom stereocenters. The van der Waals surface area contributed by atoms with Crippen LogP contribution < -0.4 is 10.6 Å². The second-order valence-electron chi connectivity index (χ2n) is 5.60. The van der Waals surface area contributed by atoms with Crippen molar-refractivity contribution in [2.75, 3.05) is 18.9 Å². The summed E-state index contributed by atoms with van der Waals surface area (Å²) in [6.07, 6.45) is 0.787. The molecule has 2 aromatic carbocycles. The number of carbonyl (C=O) groups excluding carboxylic acids is 1. The fourth-order valence-corrected chi connectivity index (χ4v) is 2.39. The van der Waals surface area contributed by atoms with Gasteiger partial charge in [0.15, 0.2) is 0 Å². The molecule has 3 aromatic rings. The van der Waals surface area contributed by atoms with Gasteiger partial charge in [0.1, 0.15) is 0 Å². The largest absolute Gasteiger partial charge is 0.325 e. The van der Waals surface area contributed by atoms with Crippen molar-refractivity contribution in [3.05, 3.63) is 60.2 Å². The number of nitrogens with zero attached hydrogens (tertiary/aromatic N) is 4. The first kappa shape index (κ1) is 16.8. The maximum atomic E-state index is 11.5. The third-order valence-corrected chi connectivity index (χ3v) is 3.66. The first-order valence-corrected chi connectivity index (χ1v) is 8.11. The summed E-state index contributed by atoms with van der Waals surface area (Å²) in [5.41, 5.74) is 2.88. The van der Waals surface area contributed by atoms with E-state index in [4.69, 9.17) is 0 Å². The molecule has 1 amide bonds. The van der Waals surface area contributed by atoms with Crippen LogP contribution in [0.5, 0.6) is 0 Å². The zero-order valence-electron chi connectivity index (χ0n) is 14.0. The van der Waals surface area contributed by atoms with Gasteiger partial charge in [-0.2, -0.15) is 4.80 Å². The molecule has 0 saturated carbocycles. The van der Waals surface area contributed by atoms with Gasteiger partial charge >= 0.3 is 0 Å². The molecule has 0 radical (unpaired) electrons. The number of tetrazole rings is 1. The molecule has 3 rings (SSSR count). The summed E-state index contributed by atoms with van der Waals surface area (Å²) in [4.78, 5) is 13.1. The molecule has 0 saturated heterocycles. The molecule has 0 bridgehead atoms. The Morgan fingerprint density at radius 1 is 1.08 bits per heavy atom. The van der Waals surface area contributed by atoms with E-state index in [9.17, 15) is 4.79 Å². The number of amides is 1. The molecular formula is C18H20N6O. The summed E-state index contributed by atoms with van der Waals surface area (Å²) in [5.74, 6) is 0.568. The maximum absolute atomic E-state index is 11.5. The number of nitrogens with one attached hydrogen (secondary N) is 2. The van der Waals surface area contributed by atoms with Gasteiger partial charge in [-0.1, -0.05) is 42.5 Å². The monoisotopic (exact) mass is 336 g/mol. The highest BCUT2D eigenvalue weighted by Gasteiger charge is 2.05.